The average Bonchev–Trinajstić information content (AvgIpc) is 2.56. The Kier molecular flexibility index (Phi) is 11.8. The number of carbonyl (C=O) groups excluding carboxylic acids is 3. The van der Waals surface area contributed by atoms with Gasteiger partial charge in [-0.2, -0.15) is 0 Å². The number of aliphatic hydroxyl groups is 1. The second-order valence-corrected chi connectivity index (χ2v) is 6.84. The zero-order valence-corrected chi connectivity index (χ0v) is 16.4. The van der Waals surface area contributed by atoms with E-state index in [1.165, 1.54) is 0 Å². The van der Waals surface area contributed by atoms with Crippen molar-refractivity contribution in [3.05, 3.63) is 0 Å². The number of aliphatic imine (C=N–C) groups is 1. The predicted molar refractivity (Wildman–Crippen MR) is 103 cm³/mol. The highest BCUT2D eigenvalue weighted by atomic mass is 16.3. The monoisotopic (exact) mass is 386 g/mol. The van der Waals surface area contributed by atoms with Crippen LogP contribution in [0, 0.1) is 5.92 Å². The number of guanidine groups is 1. The molecule has 9 N–H and O–H groups in total. The zero-order chi connectivity index (χ0) is 21.0. The van der Waals surface area contributed by atoms with Crippen LogP contribution < -0.4 is 27.8 Å². The molecule has 0 rings (SSSR count). The number of carbonyl (C=O) groups is 3. The lowest BCUT2D eigenvalue weighted by atomic mass is 10.0. The number of nitrogens with two attached hydrogens (primary N) is 3. The van der Waals surface area contributed by atoms with Gasteiger partial charge in [0.15, 0.2) is 5.96 Å². The van der Waals surface area contributed by atoms with Crippen molar-refractivity contribution in [2.24, 2.45) is 28.1 Å². The molecule has 0 aliphatic rings. The molecule has 0 aliphatic heterocycles. The number of primary amides is 1. The predicted octanol–water partition coefficient (Wildman–Crippen LogP) is -1.30. The highest BCUT2D eigenvalue weighted by Crippen LogP contribution is 2.07. The summed E-state index contributed by atoms with van der Waals surface area (Å²) >= 11 is 0. The summed E-state index contributed by atoms with van der Waals surface area (Å²) in [4.78, 5) is 39.9. The standard InChI is InChI=1S/C17H34N6O4/c1-4-6-12(22-14(25)9-13(24)10(2)3)16(27)23-11(15(18)26)7-5-8-21-17(19)20/h10-13,24H,4-9H2,1-3H3,(H2,18,26)(H,22,25)(H,23,27)(H4,19,20,21)/t11?,12-,13?/m0/s1. The molecule has 0 bridgehead atoms. The number of hydrogen-bond donors (Lipinski definition) is 6. The van der Waals surface area contributed by atoms with E-state index in [1.807, 2.05) is 6.92 Å². The minimum atomic E-state index is -0.885. The van der Waals surface area contributed by atoms with Crippen molar-refractivity contribution >= 4 is 23.7 Å². The quantitative estimate of drug-likeness (QED) is 0.130. The number of nitrogens with zero attached hydrogens (tertiary/aromatic N) is 1. The first-order valence-corrected chi connectivity index (χ1v) is 9.20. The summed E-state index contributed by atoms with van der Waals surface area (Å²) in [7, 11) is 0. The van der Waals surface area contributed by atoms with Gasteiger partial charge in [-0.15, -0.1) is 0 Å². The molecule has 0 aromatic heterocycles. The molecule has 0 fully saturated rings. The number of amides is 3. The third-order valence-corrected chi connectivity index (χ3v) is 4.00. The van der Waals surface area contributed by atoms with Gasteiger partial charge < -0.3 is 32.9 Å². The topological polar surface area (TPSA) is 186 Å². The van der Waals surface area contributed by atoms with Crippen LogP contribution in [-0.2, 0) is 14.4 Å². The van der Waals surface area contributed by atoms with E-state index in [1.54, 1.807) is 13.8 Å². The molecule has 3 atom stereocenters. The molecular weight excluding hydrogens is 352 g/mol. The normalized spacial score (nSPS) is 14.1. The summed E-state index contributed by atoms with van der Waals surface area (Å²) < 4.78 is 0. The van der Waals surface area contributed by atoms with Crippen molar-refractivity contribution in [2.45, 2.75) is 71.1 Å². The second-order valence-electron chi connectivity index (χ2n) is 6.84. The van der Waals surface area contributed by atoms with E-state index < -0.39 is 35.9 Å². The van der Waals surface area contributed by atoms with Gasteiger partial charge in [-0.3, -0.25) is 19.4 Å². The van der Waals surface area contributed by atoms with Crippen LogP contribution in [0.5, 0.6) is 0 Å². The molecule has 2 unspecified atom stereocenters. The van der Waals surface area contributed by atoms with Gasteiger partial charge in [-0.1, -0.05) is 27.2 Å². The summed E-state index contributed by atoms with van der Waals surface area (Å²) in [6.45, 7) is 5.78. The smallest absolute Gasteiger partial charge is 0.243 e. The maximum atomic E-state index is 12.5. The van der Waals surface area contributed by atoms with E-state index >= 15 is 0 Å². The zero-order valence-electron chi connectivity index (χ0n) is 16.4. The van der Waals surface area contributed by atoms with Gasteiger partial charge in [0.1, 0.15) is 12.1 Å². The first-order chi connectivity index (χ1) is 12.6. The minimum Gasteiger partial charge on any atom is -0.392 e. The lowest BCUT2D eigenvalue weighted by Crippen LogP contribution is -2.53. The fourth-order valence-corrected chi connectivity index (χ4v) is 2.30. The Balaban J connectivity index is 4.78. The molecule has 0 aromatic carbocycles. The number of rotatable bonds is 13. The van der Waals surface area contributed by atoms with E-state index in [4.69, 9.17) is 17.2 Å². The molecule has 0 radical (unpaired) electrons. The van der Waals surface area contributed by atoms with Crippen molar-refractivity contribution in [3.63, 3.8) is 0 Å². The van der Waals surface area contributed by atoms with Crippen LogP contribution in [0.2, 0.25) is 0 Å². The molecule has 10 heteroatoms. The van der Waals surface area contributed by atoms with Gasteiger partial charge >= 0.3 is 0 Å². The molecule has 0 spiro atoms. The van der Waals surface area contributed by atoms with Gasteiger partial charge in [0, 0.05) is 6.54 Å². The Morgan fingerprint density at radius 3 is 2.15 bits per heavy atom. The van der Waals surface area contributed by atoms with Gasteiger partial charge in [-0.25, -0.2) is 0 Å². The number of aliphatic hydroxyl groups excluding tert-OH is 1. The Labute approximate surface area is 160 Å². The number of hydrogen-bond acceptors (Lipinski definition) is 5. The molecule has 0 saturated heterocycles. The first-order valence-electron chi connectivity index (χ1n) is 9.20. The van der Waals surface area contributed by atoms with Crippen LogP contribution >= 0.6 is 0 Å². The fourth-order valence-electron chi connectivity index (χ4n) is 2.30. The molecule has 156 valence electrons. The van der Waals surface area contributed by atoms with E-state index in [0.717, 1.165) is 0 Å². The third kappa shape index (κ3) is 11.1. The molecule has 0 heterocycles. The fraction of sp³-hybridized carbons (Fsp3) is 0.765. The summed E-state index contributed by atoms with van der Waals surface area (Å²) in [6, 6.07) is -1.69. The van der Waals surface area contributed by atoms with E-state index in [2.05, 4.69) is 15.6 Å². The third-order valence-electron chi connectivity index (χ3n) is 4.00. The molecule has 0 aliphatic carbocycles. The molecule has 27 heavy (non-hydrogen) atoms. The Morgan fingerprint density at radius 2 is 1.67 bits per heavy atom. The van der Waals surface area contributed by atoms with Crippen LogP contribution in [0.25, 0.3) is 0 Å². The van der Waals surface area contributed by atoms with Gasteiger partial charge in [0.25, 0.3) is 0 Å². The van der Waals surface area contributed by atoms with E-state index in [9.17, 15) is 19.5 Å². The summed E-state index contributed by atoms with van der Waals surface area (Å²) in [5.74, 6) is -1.71. The maximum Gasteiger partial charge on any atom is 0.243 e. The van der Waals surface area contributed by atoms with E-state index in [0.29, 0.717) is 25.8 Å². The van der Waals surface area contributed by atoms with E-state index in [-0.39, 0.29) is 24.7 Å². The Morgan fingerprint density at radius 1 is 1.04 bits per heavy atom. The molecule has 10 nitrogen and oxygen atoms in total. The van der Waals surface area contributed by atoms with Gasteiger partial charge in [-0.05, 0) is 25.2 Å². The first kappa shape index (κ1) is 24.6. The van der Waals surface area contributed by atoms with Crippen molar-refractivity contribution < 1.29 is 19.5 Å². The van der Waals surface area contributed by atoms with Gasteiger partial charge in [0.2, 0.25) is 17.7 Å². The highest BCUT2D eigenvalue weighted by Gasteiger charge is 2.25. The van der Waals surface area contributed by atoms with Crippen LogP contribution in [0.15, 0.2) is 4.99 Å². The molecule has 0 aromatic rings. The van der Waals surface area contributed by atoms with Crippen molar-refractivity contribution in [1.82, 2.24) is 10.6 Å². The van der Waals surface area contributed by atoms with Crippen molar-refractivity contribution in [1.29, 1.82) is 0 Å². The maximum absolute atomic E-state index is 12.5. The van der Waals surface area contributed by atoms with Crippen molar-refractivity contribution in [3.8, 4) is 0 Å². The summed E-state index contributed by atoms with van der Waals surface area (Å²) in [5.41, 5.74) is 15.8. The van der Waals surface area contributed by atoms with Crippen LogP contribution in [0.3, 0.4) is 0 Å². The molecule has 3 amide bonds. The SMILES string of the molecule is CCC[C@H](NC(=O)CC(O)C(C)C)C(=O)NC(CCCN=C(N)N)C(N)=O. The van der Waals surface area contributed by atoms with Crippen molar-refractivity contribution in [2.75, 3.05) is 6.54 Å². The molecular formula is C17H34N6O4. The summed E-state index contributed by atoms with van der Waals surface area (Å²) in [6.07, 6.45) is 0.895. The average molecular weight is 386 g/mol. The lowest BCUT2D eigenvalue weighted by molar-refractivity contribution is -0.132. The highest BCUT2D eigenvalue weighted by molar-refractivity contribution is 5.91. The number of nitrogens with one attached hydrogen (secondary N) is 2. The second kappa shape index (κ2) is 12.9. The van der Waals surface area contributed by atoms with Crippen LogP contribution in [0.1, 0.15) is 52.9 Å². The molecule has 0 saturated carbocycles. The van der Waals surface area contributed by atoms with Crippen LogP contribution in [0.4, 0.5) is 0 Å². The Hall–Kier alpha value is -2.36. The minimum absolute atomic E-state index is 0.0519. The van der Waals surface area contributed by atoms with Crippen LogP contribution in [-0.4, -0.2) is 53.5 Å². The van der Waals surface area contributed by atoms with Gasteiger partial charge in [0.05, 0.1) is 12.5 Å². The largest absolute Gasteiger partial charge is 0.392 e. The lowest BCUT2D eigenvalue weighted by Gasteiger charge is -2.22. The summed E-state index contributed by atoms with van der Waals surface area (Å²) in [5, 5.41) is 15.0. The Bertz CT molecular complexity index is 520.